The van der Waals surface area contributed by atoms with E-state index >= 15 is 0 Å². The molecule has 4 rings (SSSR count). The maximum absolute atomic E-state index is 10.7. The average molecular weight is 343 g/mol. The minimum Gasteiger partial charge on any atom is -0.487 e. The lowest BCUT2D eigenvalue weighted by Gasteiger charge is -2.15. The van der Waals surface area contributed by atoms with Crippen LogP contribution in [-0.4, -0.2) is 20.1 Å². The van der Waals surface area contributed by atoms with E-state index in [9.17, 15) is 5.11 Å². The number of ether oxygens (including phenoxy) is 1. The zero-order chi connectivity index (χ0) is 17.8. The summed E-state index contributed by atoms with van der Waals surface area (Å²) in [4.78, 5) is 12.5. The Morgan fingerprint density at radius 2 is 1.81 bits per heavy atom. The van der Waals surface area contributed by atoms with E-state index in [1.807, 2.05) is 48.5 Å². The molecular weight excluding hydrogens is 326 g/mol. The maximum atomic E-state index is 10.7. The van der Waals surface area contributed by atoms with Gasteiger partial charge in [0.2, 0.25) is 0 Å². The van der Waals surface area contributed by atoms with Gasteiger partial charge in [-0.1, -0.05) is 36.4 Å². The summed E-state index contributed by atoms with van der Waals surface area (Å²) in [5, 5.41) is 11.5. The highest BCUT2D eigenvalue weighted by Gasteiger charge is 2.15. The van der Waals surface area contributed by atoms with Gasteiger partial charge in [-0.05, 0) is 29.3 Å². The van der Waals surface area contributed by atoms with Crippen molar-refractivity contribution in [2.75, 3.05) is 0 Å². The molecular formula is C21H17N3O2. The van der Waals surface area contributed by atoms with Crippen LogP contribution in [-0.2, 0) is 6.61 Å². The number of aliphatic hydroxyl groups excluding tert-OH is 1. The Morgan fingerprint density at radius 1 is 0.923 bits per heavy atom. The minimum atomic E-state index is -0.799. The Labute approximate surface area is 151 Å². The van der Waals surface area contributed by atoms with Gasteiger partial charge in [0, 0.05) is 29.5 Å². The van der Waals surface area contributed by atoms with Gasteiger partial charge in [-0.15, -0.1) is 0 Å². The summed E-state index contributed by atoms with van der Waals surface area (Å²) in [5.74, 6) is 0.617. The predicted octanol–water partition coefficient (Wildman–Crippen LogP) is 3.69. The van der Waals surface area contributed by atoms with Crippen molar-refractivity contribution >= 4 is 10.9 Å². The van der Waals surface area contributed by atoms with Crippen LogP contribution in [0.15, 0.2) is 79.5 Å². The molecule has 0 radical (unpaired) electrons. The largest absolute Gasteiger partial charge is 0.487 e. The fraction of sp³-hybridized carbons (Fsp3) is 0.0952. The van der Waals surface area contributed by atoms with Crippen molar-refractivity contribution in [3.63, 3.8) is 0 Å². The molecule has 2 aromatic carbocycles. The van der Waals surface area contributed by atoms with E-state index in [-0.39, 0.29) is 0 Å². The van der Waals surface area contributed by atoms with Crippen molar-refractivity contribution in [2.45, 2.75) is 12.7 Å². The molecule has 0 saturated carbocycles. The Hall–Kier alpha value is -3.31. The molecule has 0 amide bonds. The Morgan fingerprint density at radius 3 is 2.62 bits per heavy atom. The van der Waals surface area contributed by atoms with Crippen LogP contribution < -0.4 is 4.74 Å². The molecule has 2 heterocycles. The van der Waals surface area contributed by atoms with Gasteiger partial charge in [-0.2, -0.15) is 0 Å². The van der Waals surface area contributed by atoms with Crippen LogP contribution in [0.5, 0.6) is 5.75 Å². The van der Waals surface area contributed by atoms with E-state index in [2.05, 4.69) is 15.0 Å². The van der Waals surface area contributed by atoms with Crippen LogP contribution >= 0.6 is 0 Å². The van der Waals surface area contributed by atoms with Gasteiger partial charge in [-0.3, -0.25) is 4.98 Å². The van der Waals surface area contributed by atoms with Crippen molar-refractivity contribution < 1.29 is 9.84 Å². The van der Waals surface area contributed by atoms with Crippen LogP contribution in [0.3, 0.4) is 0 Å². The average Bonchev–Trinajstić information content (AvgIpc) is 2.72. The summed E-state index contributed by atoms with van der Waals surface area (Å²) >= 11 is 0. The molecule has 0 aliphatic heterocycles. The zero-order valence-electron chi connectivity index (χ0n) is 14.0. The highest BCUT2D eigenvalue weighted by atomic mass is 16.5. The van der Waals surface area contributed by atoms with Crippen molar-refractivity contribution in [3.8, 4) is 5.75 Å². The quantitative estimate of drug-likeness (QED) is 0.599. The normalized spacial score (nSPS) is 12.0. The molecule has 0 bridgehead atoms. The first-order chi connectivity index (χ1) is 12.8. The number of hydrogen-bond donors (Lipinski definition) is 1. The molecule has 4 aromatic rings. The van der Waals surface area contributed by atoms with Crippen LogP contribution in [0.1, 0.15) is 22.8 Å². The fourth-order valence-corrected chi connectivity index (χ4v) is 2.83. The number of pyridine rings is 1. The van der Waals surface area contributed by atoms with Gasteiger partial charge >= 0.3 is 0 Å². The number of aliphatic hydroxyl groups is 1. The first-order valence-corrected chi connectivity index (χ1v) is 8.29. The van der Waals surface area contributed by atoms with Crippen molar-refractivity contribution in [1.29, 1.82) is 0 Å². The number of fused-ring (bicyclic) bond motifs is 1. The molecule has 5 nitrogen and oxygen atoms in total. The summed E-state index contributed by atoms with van der Waals surface area (Å²) in [7, 11) is 0. The van der Waals surface area contributed by atoms with Crippen LogP contribution in [0.4, 0.5) is 0 Å². The van der Waals surface area contributed by atoms with E-state index in [0.29, 0.717) is 17.9 Å². The fourth-order valence-electron chi connectivity index (χ4n) is 2.83. The van der Waals surface area contributed by atoms with Gasteiger partial charge < -0.3 is 9.84 Å². The first kappa shape index (κ1) is 16.2. The molecule has 1 N–H and O–H groups in total. The van der Waals surface area contributed by atoms with E-state index in [4.69, 9.17) is 4.74 Å². The van der Waals surface area contributed by atoms with E-state index < -0.39 is 6.10 Å². The van der Waals surface area contributed by atoms with Gasteiger partial charge in [-0.25, -0.2) is 9.97 Å². The smallest absolute Gasteiger partial charge is 0.146 e. The lowest BCUT2D eigenvalue weighted by atomic mass is 10.0. The molecule has 0 fully saturated rings. The summed E-state index contributed by atoms with van der Waals surface area (Å²) < 4.78 is 6.02. The van der Waals surface area contributed by atoms with Gasteiger partial charge in [0.15, 0.2) is 0 Å². The van der Waals surface area contributed by atoms with Gasteiger partial charge in [0.1, 0.15) is 30.3 Å². The van der Waals surface area contributed by atoms with Crippen LogP contribution in [0.25, 0.3) is 10.9 Å². The molecule has 0 aliphatic carbocycles. The third kappa shape index (κ3) is 3.38. The zero-order valence-corrected chi connectivity index (χ0v) is 14.0. The topological polar surface area (TPSA) is 68.1 Å². The Kier molecular flexibility index (Phi) is 4.53. The van der Waals surface area contributed by atoms with E-state index in [1.54, 1.807) is 24.7 Å². The number of hydrogen-bond acceptors (Lipinski definition) is 5. The summed E-state index contributed by atoms with van der Waals surface area (Å²) in [6.07, 6.45) is 5.75. The standard InChI is InChI=1S/C21H17N3O2/c25-21(16-7-4-8-22-11-16)17-9-18-12-23-14-24-20(18)19(10-17)26-13-15-5-2-1-3-6-15/h1-12,14,21,25H,13H2. The first-order valence-electron chi connectivity index (χ1n) is 8.29. The molecule has 0 spiro atoms. The Bertz CT molecular complexity index is 1010. The maximum Gasteiger partial charge on any atom is 0.146 e. The summed E-state index contributed by atoms with van der Waals surface area (Å²) in [6, 6.07) is 17.3. The predicted molar refractivity (Wildman–Crippen MR) is 98.6 cm³/mol. The van der Waals surface area contributed by atoms with Crippen LogP contribution in [0, 0.1) is 0 Å². The minimum absolute atomic E-state index is 0.423. The van der Waals surface area contributed by atoms with Gasteiger partial charge in [0.05, 0.1) is 0 Å². The second-order valence-electron chi connectivity index (χ2n) is 5.94. The SMILES string of the molecule is OC(c1cccnc1)c1cc(OCc2ccccc2)c2ncncc2c1. The van der Waals surface area contributed by atoms with Crippen molar-refractivity contribution in [1.82, 2.24) is 15.0 Å². The molecule has 26 heavy (non-hydrogen) atoms. The molecule has 5 heteroatoms. The second-order valence-corrected chi connectivity index (χ2v) is 5.94. The highest BCUT2D eigenvalue weighted by molar-refractivity contribution is 5.84. The number of aromatic nitrogens is 3. The third-order valence-electron chi connectivity index (χ3n) is 4.15. The van der Waals surface area contributed by atoms with Crippen molar-refractivity contribution in [3.05, 3.63) is 96.2 Å². The lowest BCUT2D eigenvalue weighted by molar-refractivity contribution is 0.219. The lowest BCUT2D eigenvalue weighted by Crippen LogP contribution is -2.03. The van der Waals surface area contributed by atoms with Crippen LogP contribution in [0.2, 0.25) is 0 Å². The molecule has 2 aromatic heterocycles. The third-order valence-corrected chi connectivity index (χ3v) is 4.15. The van der Waals surface area contributed by atoms with E-state index in [1.165, 1.54) is 6.33 Å². The van der Waals surface area contributed by atoms with Gasteiger partial charge in [0.25, 0.3) is 0 Å². The monoisotopic (exact) mass is 343 g/mol. The molecule has 0 saturated heterocycles. The highest BCUT2D eigenvalue weighted by Crippen LogP contribution is 2.31. The molecule has 0 aliphatic rings. The number of benzene rings is 2. The number of rotatable bonds is 5. The summed E-state index contributed by atoms with van der Waals surface area (Å²) in [6.45, 7) is 0.423. The molecule has 1 unspecified atom stereocenters. The second kappa shape index (κ2) is 7.29. The molecule has 128 valence electrons. The molecule has 1 atom stereocenters. The Balaban J connectivity index is 1.71. The van der Waals surface area contributed by atoms with E-state index in [0.717, 1.165) is 22.0 Å². The number of nitrogens with zero attached hydrogens (tertiary/aromatic N) is 3. The van der Waals surface area contributed by atoms with Crippen molar-refractivity contribution in [2.24, 2.45) is 0 Å². The summed E-state index contributed by atoms with van der Waals surface area (Å²) in [5.41, 5.74) is 3.21.